The van der Waals surface area contributed by atoms with Crippen LogP contribution >= 0.6 is 11.6 Å². The normalized spacial score (nSPS) is 14.0. The van der Waals surface area contributed by atoms with Gasteiger partial charge < -0.3 is 20.9 Å². The van der Waals surface area contributed by atoms with Crippen LogP contribution in [0.3, 0.4) is 0 Å². The number of carbonyl (C=O) groups is 2. The van der Waals surface area contributed by atoms with Crippen LogP contribution in [0.2, 0.25) is 5.02 Å². The standard InChI is InChI=1S/C28H24ClF2N5O2/c1-28(2)14-21-24(27(38)36-28)26(33-18-7-8-19(29)20(31)13-18)25(34-21)16-9-10-32-22(12-16)35-23(37)11-15-3-5-17(30)6-4-15/h3-10,12-13,33-34H,11,14H2,1-2H3,(H,36,38)(H,32,35,37). The van der Waals surface area contributed by atoms with Crippen LogP contribution < -0.4 is 16.0 Å². The summed E-state index contributed by atoms with van der Waals surface area (Å²) in [5.74, 6) is -1.25. The number of aromatic nitrogens is 2. The third-order valence-corrected chi connectivity index (χ3v) is 6.46. The molecule has 3 heterocycles. The van der Waals surface area contributed by atoms with E-state index in [1.54, 1.807) is 36.5 Å². The predicted molar refractivity (Wildman–Crippen MR) is 143 cm³/mol. The summed E-state index contributed by atoms with van der Waals surface area (Å²) < 4.78 is 27.3. The summed E-state index contributed by atoms with van der Waals surface area (Å²) in [6.07, 6.45) is 2.13. The molecule has 10 heteroatoms. The lowest BCUT2D eigenvalue weighted by Crippen LogP contribution is -2.49. The topological polar surface area (TPSA) is 98.9 Å². The minimum Gasteiger partial charge on any atom is -0.356 e. The van der Waals surface area contributed by atoms with Gasteiger partial charge in [0.25, 0.3) is 5.91 Å². The first-order valence-corrected chi connectivity index (χ1v) is 12.3. The van der Waals surface area contributed by atoms with Crippen LogP contribution in [0, 0.1) is 11.6 Å². The van der Waals surface area contributed by atoms with Crippen molar-refractivity contribution in [3.63, 3.8) is 0 Å². The predicted octanol–water partition coefficient (Wildman–Crippen LogP) is 6.00. The van der Waals surface area contributed by atoms with Crippen molar-refractivity contribution in [3.05, 3.63) is 94.3 Å². The molecule has 0 aliphatic carbocycles. The Bertz CT molecular complexity index is 1550. The van der Waals surface area contributed by atoms with Crippen molar-refractivity contribution in [2.75, 3.05) is 10.6 Å². The third-order valence-electron chi connectivity index (χ3n) is 6.16. The van der Waals surface area contributed by atoms with Gasteiger partial charge in [-0.25, -0.2) is 13.8 Å². The van der Waals surface area contributed by atoms with E-state index in [-0.39, 0.29) is 29.1 Å². The van der Waals surface area contributed by atoms with E-state index in [0.29, 0.717) is 46.0 Å². The number of aromatic amines is 1. The minimum atomic E-state index is -0.594. The second-order valence-electron chi connectivity index (χ2n) is 9.78. The molecule has 5 rings (SSSR count). The smallest absolute Gasteiger partial charge is 0.255 e. The molecule has 0 fully saturated rings. The van der Waals surface area contributed by atoms with Crippen LogP contribution in [-0.2, 0) is 17.6 Å². The Morgan fingerprint density at radius 3 is 2.61 bits per heavy atom. The number of hydrogen-bond donors (Lipinski definition) is 4. The Hall–Kier alpha value is -4.24. The molecular formula is C28H24ClF2N5O2. The summed E-state index contributed by atoms with van der Waals surface area (Å²) in [5.41, 5.74) is 3.45. The zero-order chi connectivity index (χ0) is 27.0. The number of amides is 2. The second-order valence-corrected chi connectivity index (χ2v) is 10.2. The zero-order valence-electron chi connectivity index (χ0n) is 20.6. The molecule has 1 aliphatic rings. The molecule has 0 unspecified atom stereocenters. The van der Waals surface area contributed by atoms with Crippen LogP contribution in [-0.4, -0.2) is 27.3 Å². The van der Waals surface area contributed by atoms with E-state index in [9.17, 15) is 18.4 Å². The Kier molecular flexibility index (Phi) is 6.62. The van der Waals surface area contributed by atoms with E-state index in [1.807, 2.05) is 13.8 Å². The summed E-state index contributed by atoms with van der Waals surface area (Å²) >= 11 is 5.85. The second kappa shape index (κ2) is 9.90. The van der Waals surface area contributed by atoms with Crippen molar-refractivity contribution in [2.24, 2.45) is 0 Å². The molecule has 0 radical (unpaired) electrons. The van der Waals surface area contributed by atoms with Crippen molar-refractivity contribution >= 4 is 40.6 Å². The average Bonchev–Trinajstić information content (AvgIpc) is 3.20. The van der Waals surface area contributed by atoms with E-state index in [1.165, 1.54) is 24.3 Å². The molecule has 0 bridgehead atoms. The summed E-state index contributed by atoms with van der Waals surface area (Å²) in [7, 11) is 0. The first kappa shape index (κ1) is 25.4. The Balaban J connectivity index is 1.49. The summed E-state index contributed by atoms with van der Waals surface area (Å²) in [4.78, 5) is 33.3. The minimum absolute atomic E-state index is 0.0125. The van der Waals surface area contributed by atoms with Gasteiger partial charge >= 0.3 is 0 Å². The number of fused-ring (bicyclic) bond motifs is 1. The van der Waals surface area contributed by atoms with Gasteiger partial charge in [-0.15, -0.1) is 0 Å². The summed E-state index contributed by atoms with van der Waals surface area (Å²) in [6, 6.07) is 13.4. The van der Waals surface area contributed by atoms with Gasteiger partial charge in [-0.3, -0.25) is 9.59 Å². The third kappa shape index (κ3) is 5.38. The summed E-state index contributed by atoms with van der Waals surface area (Å²) in [5, 5.41) is 8.92. The first-order chi connectivity index (χ1) is 18.1. The highest BCUT2D eigenvalue weighted by atomic mass is 35.5. The fraction of sp³-hybridized carbons (Fsp3) is 0.179. The van der Waals surface area contributed by atoms with Gasteiger partial charge in [0.15, 0.2) is 0 Å². The SMILES string of the molecule is CC1(C)Cc2[nH]c(-c3ccnc(NC(=O)Cc4ccc(F)cc4)c3)c(Nc3ccc(Cl)c(F)c3)c2C(=O)N1. The van der Waals surface area contributed by atoms with E-state index in [0.717, 1.165) is 5.69 Å². The molecule has 7 nitrogen and oxygen atoms in total. The maximum Gasteiger partial charge on any atom is 0.255 e. The van der Waals surface area contributed by atoms with Gasteiger partial charge in [0.05, 0.1) is 28.4 Å². The molecular weight excluding hydrogens is 512 g/mol. The number of carbonyl (C=O) groups excluding carboxylic acids is 2. The molecule has 0 spiro atoms. The van der Waals surface area contributed by atoms with Gasteiger partial charge in [-0.2, -0.15) is 0 Å². The fourth-order valence-electron chi connectivity index (χ4n) is 4.48. The molecule has 4 aromatic rings. The molecule has 38 heavy (non-hydrogen) atoms. The van der Waals surface area contributed by atoms with Gasteiger partial charge in [-0.1, -0.05) is 23.7 Å². The Morgan fingerprint density at radius 1 is 1.11 bits per heavy atom. The number of nitrogens with zero attached hydrogens (tertiary/aromatic N) is 1. The van der Waals surface area contributed by atoms with Crippen LogP contribution in [0.1, 0.15) is 35.5 Å². The highest BCUT2D eigenvalue weighted by molar-refractivity contribution is 6.30. The van der Waals surface area contributed by atoms with E-state index < -0.39 is 11.4 Å². The maximum atomic E-state index is 14.2. The number of nitrogens with one attached hydrogen (secondary N) is 4. The van der Waals surface area contributed by atoms with Crippen molar-refractivity contribution in [3.8, 4) is 11.3 Å². The number of H-pyrrole nitrogens is 1. The molecule has 2 aromatic heterocycles. The molecule has 0 atom stereocenters. The first-order valence-electron chi connectivity index (χ1n) is 11.9. The molecule has 2 aromatic carbocycles. The number of hydrogen-bond acceptors (Lipinski definition) is 4. The average molecular weight is 536 g/mol. The van der Waals surface area contributed by atoms with Gasteiger partial charge in [-0.05, 0) is 61.9 Å². The molecule has 2 amide bonds. The molecule has 4 N–H and O–H groups in total. The number of rotatable bonds is 6. The van der Waals surface area contributed by atoms with Gasteiger partial charge in [0.1, 0.15) is 17.5 Å². The van der Waals surface area contributed by atoms with Crippen LogP contribution in [0.5, 0.6) is 0 Å². The quantitative estimate of drug-likeness (QED) is 0.243. The lowest BCUT2D eigenvalue weighted by molar-refractivity contribution is -0.115. The highest BCUT2D eigenvalue weighted by Gasteiger charge is 2.35. The number of pyridine rings is 1. The van der Waals surface area contributed by atoms with Crippen molar-refractivity contribution in [1.29, 1.82) is 0 Å². The highest BCUT2D eigenvalue weighted by Crippen LogP contribution is 2.39. The maximum absolute atomic E-state index is 14.2. The van der Waals surface area contributed by atoms with Gasteiger partial charge in [0.2, 0.25) is 5.91 Å². The van der Waals surface area contributed by atoms with E-state index in [2.05, 4.69) is 25.9 Å². The van der Waals surface area contributed by atoms with Crippen LogP contribution in [0.25, 0.3) is 11.3 Å². The van der Waals surface area contributed by atoms with E-state index >= 15 is 0 Å². The lowest BCUT2D eigenvalue weighted by atomic mass is 9.91. The Labute approximate surface area is 222 Å². The molecule has 0 saturated heterocycles. The molecule has 0 saturated carbocycles. The van der Waals surface area contributed by atoms with E-state index in [4.69, 9.17) is 11.6 Å². The number of halogens is 3. The van der Waals surface area contributed by atoms with Gasteiger partial charge in [0, 0.05) is 35.1 Å². The van der Waals surface area contributed by atoms with Crippen LogP contribution in [0.4, 0.5) is 26.0 Å². The number of anilines is 3. The molecule has 1 aliphatic heterocycles. The largest absolute Gasteiger partial charge is 0.356 e. The summed E-state index contributed by atoms with van der Waals surface area (Å²) in [6.45, 7) is 3.86. The van der Waals surface area contributed by atoms with Crippen molar-refractivity contribution < 1.29 is 18.4 Å². The zero-order valence-corrected chi connectivity index (χ0v) is 21.3. The lowest BCUT2D eigenvalue weighted by Gasteiger charge is -2.30. The molecule has 194 valence electrons. The Morgan fingerprint density at radius 2 is 1.87 bits per heavy atom. The number of benzene rings is 2. The monoisotopic (exact) mass is 535 g/mol. The van der Waals surface area contributed by atoms with Crippen molar-refractivity contribution in [2.45, 2.75) is 32.2 Å². The fourth-order valence-corrected chi connectivity index (χ4v) is 4.60. The van der Waals surface area contributed by atoms with Crippen molar-refractivity contribution in [1.82, 2.24) is 15.3 Å². The van der Waals surface area contributed by atoms with Crippen LogP contribution in [0.15, 0.2) is 60.8 Å².